The summed E-state index contributed by atoms with van der Waals surface area (Å²) in [6.45, 7) is 3.31. The Bertz CT molecular complexity index is 462. The van der Waals surface area contributed by atoms with Crippen molar-refractivity contribution in [2.75, 3.05) is 13.2 Å². The second kappa shape index (κ2) is 13.9. The Morgan fingerprint density at radius 1 is 1.19 bits per heavy atom. The number of carboxylic acids is 1. The normalized spacial score (nSPS) is 27.0. The van der Waals surface area contributed by atoms with Crippen molar-refractivity contribution in [3.05, 3.63) is 24.3 Å². The van der Waals surface area contributed by atoms with Gasteiger partial charge in [0.2, 0.25) is 0 Å². The lowest BCUT2D eigenvalue weighted by Crippen LogP contribution is -2.20. The van der Waals surface area contributed by atoms with Gasteiger partial charge in [0.15, 0.2) is 0 Å². The SMILES string of the molecule is CCCCOCC[C@H](O)/C=C/[C@@H]1[C@@H](C/C=C\CCCC(=O)O)[C@@H](O)C[C@H]1O. The maximum Gasteiger partial charge on any atom is 0.303 e. The van der Waals surface area contributed by atoms with E-state index >= 15 is 0 Å². The molecule has 0 aliphatic heterocycles. The van der Waals surface area contributed by atoms with Crippen LogP contribution in [-0.2, 0) is 9.53 Å². The second-order valence-corrected chi connectivity index (χ2v) is 7.31. The summed E-state index contributed by atoms with van der Waals surface area (Å²) in [7, 11) is 0. The van der Waals surface area contributed by atoms with Gasteiger partial charge in [0.1, 0.15) is 0 Å². The monoisotopic (exact) mass is 384 g/mol. The van der Waals surface area contributed by atoms with E-state index in [9.17, 15) is 20.1 Å². The lowest BCUT2D eigenvalue weighted by Gasteiger charge is -2.19. The van der Waals surface area contributed by atoms with Crippen molar-refractivity contribution in [3.8, 4) is 0 Å². The van der Waals surface area contributed by atoms with Gasteiger partial charge < -0.3 is 25.2 Å². The van der Waals surface area contributed by atoms with Gasteiger partial charge >= 0.3 is 5.97 Å². The summed E-state index contributed by atoms with van der Waals surface area (Å²) in [6, 6.07) is 0. The molecule has 0 spiro atoms. The maximum absolute atomic E-state index is 10.5. The molecular weight excluding hydrogens is 348 g/mol. The van der Waals surface area contributed by atoms with Crippen LogP contribution in [0.25, 0.3) is 0 Å². The predicted molar refractivity (Wildman–Crippen MR) is 104 cm³/mol. The van der Waals surface area contributed by atoms with Crippen molar-refractivity contribution in [2.45, 2.75) is 76.6 Å². The second-order valence-electron chi connectivity index (χ2n) is 7.31. The molecule has 1 aliphatic carbocycles. The van der Waals surface area contributed by atoms with Crippen LogP contribution >= 0.6 is 0 Å². The summed E-state index contributed by atoms with van der Waals surface area (Å²) in [5.41, 5.74) is 0. The Morgan fingerprint density at radius 3 is 2.67 bits per heavy atom. The zero-order chi connectivity index (χ0) is 20.1. The van der Waals surface area contributed by atoms with E-state index in [-0.39, 0.29) is 18.3 Å². The Balaban J connectivity index is 2.41. The Morgan fingerprint density at radius 2 is 1.96 bits per heavy atom. The smallest absolute Gasteiger partial charge is 0.303 e. The van der Waals surface area contributed by atoms with Crippen LogP contribution in [0.5, 0.6) is 0 Å². The van der Waals surface area contributed by atoms with Crippen LogP contribution in [-0.4, -0.2) is 57.9 Å². The number of carbonyl (C=O) groups is 1. The summed E-state index contributed by atoms with van der Waals surface area (Å²) in [6.07, 6.45) is 10.6. The van der Waals surface area contributed by atoms with E-state index < -0.39 is 24.3 Å². The van der Waals surface area contributed by atoms with Crippen molar-refractivity contribution in [1.29, 1.82) is 0 Å². The van der Waals surface area contributed by atoms with Crippen LogP contribution in [0.2, 0.25) is 0 Å². The lowest BCUT2D eigenvalue weighted by molar-refractivity contribution is -0.137. The summed E-state index contributed by atoms with van der Waals surface area (Å²) in [4.78, 5) is 10.5. The molecule has 156 valence electrons. The van der Waals surface area contributed by atoms with E-state index in [1.54, 1.807) is 6.08 Å². The van der Waals surface area contributed by atoms with E-state index in [2.05, 4.69) is 6.92 Å². The zero-order valence-electron chi connectivity index (χ0n) is 16.4. The van der Waals surface area contributed by atoms with Gasteiger partial charge in [-0.25, -0.2) is 0 Å². The van der Waals surface area contributed by atoms with Crippen LogP contribution in [0.1, 0.15) is 58.3 Å². The van der Waals surface area contributed by atoms with E-state index in [1.807, 2.05) is 18.2 Å². The fourth-order valence-electron chi connectivity index (χ4n) is 3.35. The highest BCUT2D eigenvalue weighted by Crippen LogP contribution is 2.36. The van der Waals surface area contributed by atoms with Crippen LogP contribution in [0.15, 0.2) is 24.3 Å². The summed E-state index contributed by atoms with van der Waals surface area (Å²) >= 11 is 0. The molecule has 0 aromatic carbocycles. The average Bonchev–Trinajstić information content (AvgIpc) is 2.88. The maximum atomic E-state index is 10.5. The van der Waals surface area contributed by atoms with Crippen molar-refractivity contribution in [2.24, 2.45) is 11.8 Å². The van der Waals surface area contributed by atoms with Crippen molar-refractivity contribution < 1.29 is 30.0 Å². The molecule has 0 unspecified atom stereocenters. The van der Waals surface area contributed by atoms with E-state index in [1.165, 1.54) is 0 Å². The third-order valence-corrected chi connectivity index (χ3v) is 5.01. The number of rotatable bonds is 14. The van der Waals surface area contributed by atoms with Crippen LogP contribution in [0, 0.1) is 11.8 Å². The van der Waals surface area contributed by atoms with Crippen molar-refractivity contribution >= 4 is 5.97 Å². The number of carboxylic acid groups (broad SMARTS) is 1. The quantitative estimate of drug-likeness (QED) is 0.271. The molecule has 1 aliphatic rings. The predicted octanol–water partition coefficient (Wildman–Crippen LogP) is 2.67. The third kappa shape index (κ3) is 10.1. The van der Waals surface area contributed by atoms with Gasteiger partial charge in [-0.2, -0.15) is 0 Å². The topological polar surface area (TPSA) is 107 Å². The van der Waals surface area contributed by atoms with Gasteiger partial charge in [0, 0.05) is 38.4 Å². The van der Waals surface area contributed by atoms with Gasteiger partial charge in [0.25, 0.3) is 0 Å². The molecule has 0 aromatic heterocycles. The van der Waals surface area contributed by atoms with Crippen LogP contribution in [0.4, 0.5) is 0 Å². The van der Waals surface area contributed by atoms with Gasteiger partial charge in [0.05, 0.1) is 18.3 Å². The molecule has 5 atom stereocenters. The van der Waals surface area contributed by atoms with Gasteiger partial charge in [-0.1, -0.05) is 37.6 Å². The number of aliphatic hydroxyl groups excluding tert-OH is 3. The lowest BCUT2D eigenvalue weighted by atomic mass is 9.89. The molecule has 1 rings (SSSR count). The number of ether oxygens (including phenoxy) is 1. The molecule has 4 N–H and O–H groups in total. The van der Waals surface area contributed by atoms with Gasteiger partial charge in [-0.05, 0) is 31.6 Å². The molecule has 27 heavy (non-hydrogen) atoms. The van der Waals surface area contributed by atoms with Gasteiger partial charge in [-0.15, -0.1) is 0 Å². The highest BCUT2D eigenvalue weighted by atomic mass is 16.5. The van der Waals surface area contributed by atoms with E-state index in [4.69, 9.17) is 9.84 Å². The molecule has 0 bridgehead atoms. The number of hydrogen-bond donors (Lipinski definition) is 4. The highest BCUT2D eigenvalue weighted by Gasteiger charge is 2.39. The summed E-state index contributed by atoms with van der Waals surface area (Å²) < 4.78 is 5.45. The molecule has 0 heterocycles. The Labute approximate surface area is 162 Å². The zero-order valence-corrected chi connectivity index (χ0v) is 16.4. The fraction of sp³-hybridized carbons (Fsp3) is 0.762. The van der Waals surface area contributed by atoms with E-state index in [0.717, 1.165) is 12.8 Å². The molecule has 1 fully saturated rings. The fourth-order valence-corrected chi connectivity index (χ4v) is 3.35. The first-order valence-corrected chi connectivity index (χ1v) is 10.1. The minimum Gasteiger partial charge on any atom is -0.481 e. The molecule has 0 amide bonds. The molecule has 6 nitrogen and oxygen atoms in total. The number of allylic oxidation sites excluding steroid dienone is 2. The molecule has 0 saturated heterocycles. The number of unbranched alkanes of at least 4 members (excludes halogenated alkanes) is 2. The highest BCUT2D eigenvalue weighted by molar-refractivity contribution is 5.66. The number of hydrogen-bond acceptors (Lipinski definition) is 5. The average molecular weight is 385 g/mol. The van der Waals surface area contributed by atoms with Crippen molar-refractivity contribution in [3.63, 3.8) is 0 Å². The molecule has 0 radical (unpaired) electrons. The molecule has 0 aromatic rings. The minimum absolute atomic E-state index is 0.0972. The summed E-state index contributed by atoms with van der Waals surface area (Å²) in [5, 5.41) is 39.1. The van der Waals surface area contributed by atoms with E-state index in [0.29, 0.717) is 45.3 Å². The molecular formula is C21H36O6. The van der Waals surface area contributed by atoms with Crippen LogP contribution in [0.3, 0.4) is 0 Å². The first kappa shape index (κ1) is 23.8. The standard InChI is InChI=1S/C21H36O6/c1-2-3-13-27-14-12-16(22)10-11-18-17(19(23)15-20(18)24)8-6-4-5-7-9-21(25)26/h4,6,10-11,16-20,22-24H,2-3,5,7-9,12-15H2,1H3,(H,25,26)/b6-4-,11-10+/t16-,17-,18-,19+,20-/m1/s1. The first-order valence-electron chi connectivity index (χ1n) is 10.1. The minimum atomic E-state index is -0.794. The molecule has 6 heteroatoms. The van der Waals surface area contributed by atoms with Crippen molar-refractivity contribution in [1.82, 2.24) is 0 Å². The first-order chi connectivity index (χ1) is 13.0. The summed E-state index contributed by atoms with van der Waals surface area (Å²) in [5.74, 6) is -1.09. The number of aliphatic hydroxyl groups is 3. The van der Waals surface area contributed by atoms with Gasteiger partial charge in [-0.3, -0.25) is 4.79 Å². The Kier molecular flexibility index (Phi) is 12.3. The third-order valence-electron chi connectivity index (χ3n) is 5.01. The van der Waals surface area contributed by atoms with Crippen LogP contribution < -0.4 is 0 Å². The Hall–Kier alpha value is -1.21. The molecule has 1 saturated carbocycles. The largest absolute Gasteiger partial charge is 0.481 e. The number of aliphatic carboxylic acids is 1.